The van der Waals surface area contributed by atoms with Crippen LogP contribution in [0.4, 0.5) is 26.3 Å². The van der Waals surface area contributed by atoms with E-state index >= 15 is 0 Å². The normalized spacial score (nSPS) is 12.7. The minimum absolute atomic E-state index is 0.0826. The molecule has 0 bridgehead atoms. The molecule has 0 atom stereocenters. The highest BCUT2D eigenvalue weighted by atomic mass is 35.5. The van der Waals surface area contributed by atoms with Gasteiger partial charge in [0.25, 0.3) is 0 Å². The summed E-state index contributed by atoms with van der Waals surface area (Å²) < 4.78 is 83.8. The van der Waals surface area contributed by atoms with Crippen molar-refractivity contribution in [3.8, 4) is 11.9 Å². The fraction of sp³-hybridized carbons (Fsp3) is 0.105. The van der Waals surface area contributed by atoms with E-state index in [9.17, 15) is 31.6 Å². The van der Waals surface area contributed by atoms with Crippen LogP contribution in [-0.4, -0.2) is 9.97 Å². The fourth-order valence-corrected chi connectivity index (χ4v) is 3.02. The van der Waals surface area contributed by atoms with Gasteiger partial charge in [-0.25, -0.2) is 4.98 Å². The number of fused-ring (bicyclic) bond motifs is 1. The molecule has 3 aromatic rings. The molecule has 31 heavy (non-hydrogen) atoms. The van der Waals surface area contributed by atoms with Crippen molar-refractivity contribution in [1.82, 2.24) is 9.97 Å². The molecular weight excluding hydrogens is 471 g/mol. The van der Waals surface area contributed by atoms with Gasteiger partial charge in [-0.1, -0.05) is 29.3 Å². The SMILES string of the molecule is N#C/C(=C\Oc1ccc2c(C(F)(F)F)cc(C(F)(F)F)nc2n1)c1ccc(Cl)cc1Cl. The van der Waals surface area contributed by atoms with Gasteiger partial charge in [0, 0.05) is 22.0 Å². The van der Waals surface area contributed by atoms with Gasteiger partial charge in [-0.2, -0.15) is 36.6 Å². The molecule has 0 aliphatic heterocycles. The minimum atomic E-state index is -5.12. The lowest BCUT2D eigenvalue weighted by molar-refractivity contribution is -0.144. The Bertz CT molecular complexity index is 1230. The summed E-state index contributed by atoms with van der Waals surface area (Å²) in [6.45, 7) is 0. The molecule has 0 saturated carbocycles. The van der Waals surface area contributed by atoms with E-state index in [0.29, 0.717) is 5.02 Å². The summed E-state index contributed by atoms with van der Waals surface area (Å²) in [5, 5.41) is 9.10. The van der Waals surface area contributed by atoms with Crippen molar-refractivity contribution in [2.45, 2.75) is 12.4 Å². The second-order valence-electron chi connectivity index (χ2n) is 5.96. The second-order valence-corrected chi connectivity index (χ2v) is 6.80. The van der Waals surface area contributed by atoms with E-state index < -0.39 is 34.6 Å². The number of nitriles is 1. The van der Waals surface area contributed by atoms with Crippen molar-refractivity contribution in [2.24, 2.45) is 0 Å². The van der Waals surface area contributed by atoms with Crippen molar-refractivity contribution in [2.75, 3.05) is 0 Å². The first-order valence-electron chi connectivity index (χ1n) is 8.08. The van der Waals surface area contributed by atoms with E-state index in [0.717, 1.165) is 18.4 Å². The zero-order chi connectivity index (χ0) is 23.0. The third kappa shape index (κ3) is 5.00. The number of aromatic nitrogens is 2. The van der Waals surface area contributed by atoms with Crippen LogP contribution in [0.5, 0.6) is 5.88 Å². The molecule has 2 aromatic heterocycles. The summed E-state index contributed by atoms with van der Waals surface area (Å²) in [5.74, 6) is -0.384. The molecule has 0 unspecified atom stereocenters. The van der Waals surface area contributed by atoms with Crippen LogP contribution >= 0.6 is 23.2 Å². The number of benzene rings is 1. The number of rotatable bonds is 3. The van der Waals surface area contributed by atoms with Crippen LogP contribution in [0.15, 0.2) is 42.7 Å². The standard InChI is InChI=1S/C19H7Cl2F6N3O/c20-10-1-2-11(14(21)5-10)9(7-28)8-31-16-4-3-12-13(18(22,23)24)6-15(19(25,26)27)29-17(12)30-16/h1-6,8H/b9-8+. The van der Waals surface area contributed by atoms with Crippen LogP contribution in [0, 0.1) is 11.3 Å². The zero-order valence-corrected chi connectivity index (χ0v) is 16.3. The average molecular weight is 478 g/mol. The van der Waals surface area contributed by atoms with E-state index in [4.69, 9.17) is 27.9 Å². The van der Waals surface area contributed by atoms with Gasteiger partial charge in [-0.15, -0.1) is 0 Å². The predicted octanol–water partition coefficient (Wildman–Crippen LogP) is 6.92. The van der Waals surface area contributed by atoms with Crippen LogP contribution in [0.25, 0.3) is 16.6 Å². The molecule has 0 amide bonds. The topological polar surface area (TPSA) is 58.8 Å². The van der Waals surface area contributed by atoms with E-state index in [1.165, 1.54) is 18.2 Å². The molecule has 0 spiro atoms. The largest absolute Gasteiger partial charge is 0.445 e. The number of ether oxygens (including phenoxy) is 1. The van der Waals surface area contributed by atoms with Gasteiger partial charge in [0.1, 0.15) is 18.0 Å². The van der Waals surface area contributed by atoms with Crippen molar-refractivity contribution in [3.05, 3.63) is 69.5 Å². The van der Waals surface area contributed by atoms with Gasteiger partial charge < -0.3 is 4.74 Å². The summed E-state index contributed by atoms with van der Waals surface area (Å²) in [5.41, 5.74) is -3.96. The molecule has 1 aromatic carbocycles. The monoisotopic (exact) mass is 477 g/mol. The first-order chi connectivity index (χ1) is 14.4. The van der Waals surface area contributed by atoms with Crippen molar-refractivity contribution >= 4 is 39.8 Å². The molecule has 0 N–H and O–H groups in total. The lowest BCUT2D eigenvalue weighted by Crippen LogP contribution is -2.14. The maximum atomic E-state index is 13.2. The Morgan fingerprint density at radius 1 is 0.968 bits per heavy atom. The van der Waals surface area contributed by atoms with Crippen LogP contribution in [0.2, 0.25) is 10.0 Å². The molecule has 160 valence electrons. The van der Waals surface area contributed by atoms with E-state index in [2.05, 4.69) is 9.97 Å². The quantitative estimate of drug-likeness (QED) is 0.233. The van der Waals surface area contributed by atoms with Crippen LogP contribution in [0.1, 0.15) is 16.8 Å². The minimum Gasteiger partial charge on any atom is -0.445 e. The van der Waals surface area contributed by atoms with Crippen LogP contribution in [0.3, 0.4) is 0 Å². The summed E-state index contributed by atoms with van der Waals surface area (Å²) in [7, 11) is 0. The lowest BCUT2D eigenvalue weighted by atomic mass is 10.1. The van der Waals surface area contributed by atoms with E-state index in [-0.39, 0.29) is 28.1 Å². The smallest absolute Gasteiger partial charge is 0.433 e. The maximum Gasteiger partial charge on any atom is 0.433 e. The first-order valence-corrected chi connectivity index (χ1v) is 8.84. The molecule has 0 saturated heterocycles. The van der Waals surface area contributed by atoms with Gasteiger partial charge in [0.05, 0.1) is 16.2 Å². The summed E-state index contributed by atoms with van der Waals surface area (Å²) in [6.07, 6.45) is -9.28. The number of nitrogens with zero attached hydrogens (tertiary/aromatic N) is 3. The van der Waals surface area contributed by atoms with Crippen molar-refractivity contribution in [1.29, 1.82) is 5.26 Å². The third-order valence-electron chi connectivity index (χ3n) is 3.88. The molecule has 0 aliphatic carbocycles. The third-order valence-corrected chi connectivity index (χ3v) is 4.43. The number of alkyl halides is 6. The molecule has 0 aliphatic rings. The summed E-state index contributed by atoms with van der Waals surface area (Å²) >= 11 is 11.8. The van der Waals surface area contributed by atoms with Crippen molar-refractivity contribution in [3.63, 3.8) is 0 Å². The highest BCUT2D eigenvalue weighted by Gasteiger charge is 2.39. The highest BCUT2D eigenvalue weighted by Crippen LogP contribution is 2.38. The van der Waals surface area contributed by atoms with Gasteiger partial charge >= 0.3 is 12.4 Å². The van der Waals surface area contributed by atoms with E-state index in [1.807, 2.05) is 6.07 Å². The highest BCUT2D eigenvalue weighted by molar-refractivity contribution is 6.35. The Balaban J connectivity index is 2.06. The maximum absolute atomic E-state index is 13.2. The van der Waals surface area contributed by atoms with Gasteiger partial charge in [0.15, 0.2) is 5.65 Å². The molecule has 12 heteroatoms. The van der Waals surface area contributed by atoms with Gasteiger partial charge in [-0.05, 0) is 24.3 Å². The van der Waals surface area contributed by atoms with Crippen LogP contribution < -0.4 is 4.74 Å². The molecule has 4 nitrogen and oxygen atoms in total. The average Bonchev–Trinajstić information content (AvgIpc) is 2.67. The second kappa shape index (κ2) is 8.24. The first kappa shape index (κ1) is 22.7. The Hall–Kier alpha value is -3.03. The molecule has 0 radical (unpaired) electrons. The predicted molar refractivity (Wildman–Crippen MR) is 100 cm³/mol. The lowest BCUT2D eigenvalue weighted by Gasteiger charge is -2.14. The molecule has 2 heterocycles. The summed E-state index contributed by atoms with van der Waals surface area (Å²) in [4.78, 5) is 6.79. The fourth-order valence-electron chi connectivity index (χ4n) is 2.51. The van der Waals surface area contributed by atoms with E-state index in [1.54, 1.807) is 0 Å². The Morgan fingerprint density at radius 3 is 2.26 bits per heavy atom. The number of hydrogen-bond acceptors (Lipinski definition) is 4. The Labute approximate surface area is 180 Å². The zero-order valence-electron chi connectivity index (χ0n) is 14.8. The number of hydrogen-bond donors (Lipinski definition) is 0. The molecule has 0 fully saturated rings. The number of allylic oxidation sites excluding steroid dienone is 1. The summed E-state index contributed by atoms with van der Waals surface area (Å²) in [6, 6.07) is 7.88. The Morgan fingerprint density at radius 2 is 1.68 bits per heavy atom. The van der Waals surface area contributed by atoms with Gasteiger partial charge in [-0.3, -0.25) is 0 Å². The number of pyridine rings is 2. The van der Waals surface area contributed by atoms with Gasteiger partial charge in [0.2, 0.25) is 5.88 Å². The molecule has 3 rings (SSSR count). The molecular formula is C19H7Cl2F6N3O. The Kier molecular flexibility index (Phi) is 6.02. The van der Waals surface area contributed by atoms with Crippen LogP contribution in [-0.2, 0) is 12.4 Å². The van der Waals surface area contributed by atoms with Crippen molar-refractivity contribution < 1.29 is 31.1 Å². The number of halogens is 8.